The predicted molar refractivity (Wildman–Crippen MR) is 116 cm³/mol. The lowest BCUT2D eigenvalue weighted by atomic mass is 10.0. The number of para-hydroxylation sites is 2. The molecule has 0 aliphatic rings. The van der Waals surface area contributed by atoms with Crippen LogP contribution < -0.4 is 5.62 Å². The standard InChI is InChI=1S/C25H26FN3/c1-18-7-11-20(12-8-18)15-22(16-26)29-24-6-4-3-5-23(24)28(25(29)27)17-21-13-9-19(2)10-14-21/h3-14,22,27H,15-17H2,1-2H3. The molecule has 148 valence electrons. The highest BCUT2D eigenvalue weighted by molar-refractivity contribution is 5.76. The zero-order valence-electron chi connectivity index (χ0n) is 16.9. The van der Waals surface area contributed by atoms with Gasteiger partial charge >= 0.3 is 0 Å². The summed E-state index contributed by atoms with van der Waals surface area (Å²) in [6.45, 7) is 4.19. The summed E-state index contributed by atoms with van der Waals surface area (Å²) in [5, 5.41) is 8.86. The quantitative estimate of drug-likeness (QED) is 0.463. The molecule has 29 heavy (non-hydrogen) atoms. The van der Waals surface area contributed by atoms with E-state index in [0.29, 0.717) is 18.6 Å². The number of aromatic nitrogens is 2. The van der Waals surface area contributed by atoms with E-state index in [0.717, 1.165) is 22.2 Å². The Kier molecular flexibility index (Phi) is 5.34. The Morgan fingerprint density at radius 3 is 1.93 bits per heavy atom. The number of benzene rings is 3. The second kappa shape index (κ2) is 8.08. The summed E-state index contributed by atoms with van der Waals surface area (Å²) in [6.07, 6.45) is 0.561. The largest absolute Gasteiger partial charge is 0.306 e. The molecule has 0 fully saturated rings. The van der Waals surface area contributed by atoms with Crippen LogP contribution in [0.25, 0.3) is 11.0 Å². The molecular formula is C25H26FN3. The molecule has 0 spiro atoms. The van der Waals surface area contributed by atoms with Crippen LogP contribution in [0.1, 0.15) is 28.3 Å². The molecule has 1 atom stereocenters. The van der Waals surface area contributed by atoms with Gasteiger partial charge in [0.05, 0.1) is 23.6 Å². The summed E-state index contributed by atoms with van der Waals surface area (Å²) >= 11 is 0. The summed E-state index contributed by atoms with van der Waals surface area (Å²) in [4.78, 5) is 0. The summed E-state index contributed by atoms with van der Waals surface area (Å²) in [5.74, 6) is 0. The molecule has 1 unspecified atom stereocenters. The van der Waals surface area contributed by atoms with E-state index in [4.69, 9.17) is 5.41 Å². The Labute approximate surface area is 170 Å². The molecule has 4 rings (SSSR count). The van der Waals surface area contributed by atoms with Crippen molar-refractivity contribution < 1.29 is 4.39 Å². The van der Waals surface area contributed by atoms with Gasteiger partial charge < -0.3 is 9.13 Å². The van der Waals surface area contributed by atoms with Crippen molar-refractivity contribution in [1.29, 1.82) is 5.41 Å². The van der Waals surface area contributed by atoms with Gasteiger partial charge in [0.1, 0.15) is 6.67 Å². The van der Waals surface area contributed by atoms with Gasteiger partial charge in [0.25, 0.3) is 0 Å². The van der Waals surface area contributed by atoms with Crippen LogP contribution in [0.3, 0.4) is 0 Å². The maximum atomic E-state index is 14.2. The maximum Gasteiger partial charge on any atom is 0.203 e. The molecule has 1 aromatic heterocycles. The SMILES string of the molecule is Cc1ccc(CC(CF)n2c(=N)n(Cc3ccc(C)cc3)c3ccccc32)cc1. The lowest BCUT2D eigenvalue weighted by Gasteiger charge is -2.16. The fraction of sp³-hybridized carbons (Fsp3) is 0.240. The molecule has 1 N–H and O–H groups in total. The molecule has 0 amide bonds. The highest BCUT2D eigenvalue weighted by atomic mass is 19.1. The topological polar surface area (TPSA) is 33.7 Å². The number of hydrogen-bond donors (Lipinski definition) is 1. The summed E-state index contributed by atoms with van der Waals surface area (Å²) < 4.78 is 18.0. The third kappa shape index (κ3) is 3.88. The van der Waals surface area contributed by atoms with E-state index in [1.54, 1.807) is 0 Å². The molecule has 1 heterocycles. The van der Waals surface area contributed by atoms with Crippen molar-refractivity contribution in [3.8, 4) is 0 Å². The number of halogens is 1. The van der Waals surface area contributed by atoms with Gasteiger partial charge in [-0.1, -0.05) is 71.8 Å². The average Bonchev–Trinajstić information content (AvgIpc) is 3.01. The molecule has 0 radical (unpaired) electrons. The van der Waals surface area contributed by atoms with Crippen LogP contribution in [0.15, 0.2) is 72.8 Å². The highest BCUT2D eigenvalue weighted by Crippen LogP contribution is 2.22. The third-order valence-electron chi connectivity index (χ3n) is 5.51. The van der Waals surface area contributed by atoms with Crippen molar-refractivity contribution in [2.24, 2.45) is 0 Å². The van der Waals surface area contributed by atoms with Gasteiger partial charge in [-0.3, -0.25) is 5.41 Å². The van der Waals surface area contributed by atoms with Crippen LogP contribution in [-0.2, 0) is 13.0 Å². The Hall–Kier alpha value is -3.14. The number of rotatable bonds is 6. The maximum absolute atomic E-state index is 14.2. The van der Waals surface area contributed by atoms with Crippen molar-refractivity contribution in [2.45, 2.75) is 32.9 Å². The third-order valence-corrected chi connectivity index (χ3v) is 5.51. The van der Waals surface area contributed by atoms with Crippen molar-refractivity contribution in [3.63, 3.8) is 0 Å². The van der Waals surface area contributed by atoms with E-state index in [1.807, 2.05) is 52.5 Å². The fourth-order valence-electron chi connectivity index (χ4n) is 3.87. The molecule has 3 aromatic carbocycles. The van der Waals surface area contributed by atoms with Crippen LogP contribution in [-0.4, -0.2) is 15.8 Å². The van der Waals surface area contributed by atoms with Gasteiger partial charge in [0, 0.05) is 0 Å². The van der Waals surface area contributed by atoms with Gasteiger partial charge in [-0.05, 0) is 43.5 Å². The zero-order valence-corrected chi connectivity index (χ0v) is 16.9. The minimum atomic E-state index is -0.511. The Balaban J connectivity index is 1.77. The van der Waals surface area contributed by atoms with Gasteiger partial charge in [0.15, 0.2) is 0 Å². The minimum absolute atomic E-state index is 0.335. The summed E-state index contributed by atoms with van der Waals surface area (Å²) in [5.41, 5.74) is 6.81. The van der Waals surface area contributed by atoms with Crippen LogP contribution >= 0.6 is 0 Å². The normalized spacial score (nSPS) is 12.4. The molecule has 0 saturated heterocycles. The molecular weight excluding hydrogens is 361 g/mol. The number of alkyl halides is 1. The molecule has 0 aliphatic carbocycles. The first-order valence-electron chi connectivity index (χ1n) is 9.98. The second-order valence-electron chi connectivity index (χ2n) is 7.75. The van der Waals surface area contributed by atoms with Crippen LogP contribution in [0, 0.1) is 19.3 Å². The first-order chi connectivity index (χ1) is 14.1. The van der Waals surface area contributed by atoms with E-state index >= 15 is 0 Å². The first kappa shape index (κ1) is 19.2. The van der Waals surface area contributed by atoms with E-state index in [2.05, 4.69) is 43.3 Å². The smallest absolute Gasteiger partial charge is 0.203 e. The fourth-order valence-corrected chi connectivity index (χ4v) is 3.87. The average molecular weight is 388 g/mol. The molecule has 4 heteroatoms. The number of aryl methyl sites for hydroxylation is 2. The molecule has 0 bridgehead atoms. The second-order valence-corrected chi connectivity index (χ2v) is 7.75. The van der Waals surface area contributed by atoms with E-state index < -0.39 is 12.7 Å². The Morgan fingerprint density at radius 2 is 1.34 bits per heavy atom. The molecule has 0 saturated carbocycles. The number of hydrogen-bond acceptors (Lipinski definition) is 1. The van der Waals surface area contributed by atoms with Crippen LogP contribution in [0.2, 0.25) is 0 Å². The van der Waals surface area contributed by atoms with Crippen LogP contribution in [0.5, 0.6) is 0 Å². The highest BCUT2D eigenvalue weighted by Gasteiger charge is 2.19. The minimum Gasteiger partial charge on any atom is -0.306 e. The van der Waals surface area contributed by atoms with Crippen LogP contribution in [0.4, 0.5) is 4.39 Å². The van der Waals surface area contributed by atoms with Crippen molar-refractivity contribution in [1.82, 2.24) is 9.13 Å². The molecule has 4 aromatic rings. The lowest BCUT2D eigenvalue weighted by molar-refractivity contribution is 0.348. The number of fused-ring (bicyclic) bond motifs is 1. The van der Waals surface area contributed by atoms with Gasteiger partial charge in [-0.25, -0.2) is 4.39 Å². The first-order valence-corrected chi connectivity index (χ1v) is 9.98. The lowest BCUT2D eigenvalue weighted by Crippen LogP contribution is -2.30. The number of imidazole rings is 1. The molecule has 0 aliphatic heterocycles. The van der Waals surface area contributed by atoms with E-state index in [1.165, 1.54) is 11.1 Å². The predicted octanol–water partition coefficient (Wildman–Crippen LogP) is 5.34. The monoisotopic (exact) mass is 387 g/mol. The summed E-state index contributed by atoms with van der Waals surface area (Å²) in [7, 11) is 0. The van der Waals surface area contributed by atoms with Crippen molar-refractivity contribution in [2.75, 3.05) is 6.67 Å². The number of nitrogens with zero attached hydrogens (tertiary/aromatic N) is 2. The Bertz CT molecular complexity index is 1170. The number of nitrogens with one attached hydrogen (secondary N) is 1. The zero-order chi connectivity index (χ0) is 20.4. The molecule has 3 nitrogen and oxygen atoms in total. The van der Waals surface area contributed by atoms with Gasteiger partial charge in [0.2, 0.25) is 5.62 Å². The van der Waals surface area contributed by atoms with Gasteiger partial charge in [-0.2, -0.15) is 0 Å². The van der Waals surface area contributed by atoms with Gasteiger partial charge in [-0.15, -0.1) is 0 Å². The van der Waals surface area contributed by atoms with E-state index in [9.17, 15) is 4.39 Å². The van der Waals surface area contributed by atoms with E-state index in [-0.39, 0.29) is 0 Å². The summed E-state index contributed by atoms with van der Waals surface area (Å²) in [6, 6.07) is 24.1. The van der Waals surface area contributed by atoms with Crippen molar-refractivity contribution >= 4 is 11.0 Å². The van der Waals surface area contributed by atoms with Crippen molar-refractivity contribution in [3.05, 3.63) is 101 Å². The Morgan fingerprint density at radius 1 is 0.793 bits per heavy atom.